The SMILES string of the molecule is CCCOC(=O)C(C)Br. The van der Waals surface area contributed by atoms with Crippen molar-refractivity contribution in [2.45, 2.75) is 25.1 Å². The Morgan fingerprint density at radius 1 is 1.78 bits per heavy atom. The molecule has 0 amide bonds. The number of hydrogen-bond acceptors (Lipinski definition) is 2. The van der Waals surface area contributed by atoms with Gasteiger partial charge in [-0.05, 0) is 13.3 Å². The first-order valence-corrected chi connectivity index (χ1v) is 3.90. The van der Waals surface area contributed by atoms with E-state index in [2.05, 4.69) is 15.9 Å². The smallest absolute Gasteiger partial charge is 0.319 e. The van der Waals surface area contributed by atoms with E-state index >= 15 is 0 Å². The van der Waals surface area contributed by atoms with E-state index in [1.807, 2.05) is 6.92 Å². The third-order valence-electron chi connectivity index (χ3n) is 0.773. The first kappa shape index (κ1) is 8.95. The molecular weight excluding hydrogens is 184 g/mol. The van der Waals surface area contributed by atoms with Crippen LogP contribution >= 0.6 is 15.9 Å². The number of hydrogen-bond donors (Lipinski definition) is 0. The summed E-state index contributed by atoms with van der Waals surface area (Å²) >= 11 is 3.10. The first-order chi connectivity index (χ1) is 4.18. The van der Waals surface area contributed by atoms with Crippen molar-refractivity contribution >= 4 is 21.9 Å². The Morgan fingerprint density at radius 3 is 2.67 bits per heavy atom. The Kier molecular flexibility index (Phi) is 4.77. The van der Waals surface area contributed by atoms with E-state index in [9.17, 15) is 4.79 Å². The second kappa shape index (κ2) is 4.79. The van der Waals surface area contributed by atoms with Gasteiger partial charge in [-0.15, -0.1) is 0 Å². The highest BCUT2D eigenvalue weighted by molar-refractivity contribution is 9.10. The Balaban J connectivity index is 3.28. The zero-order valence-electron chi connectivity index (χ0n) is 5.69. The predicted octanol–water partition coefficient (Wildman–Crippen LogP) is 1.72. The number of halogens is 1. The van der Waals surface area contributed by atoms with Crippen LogP contribution in [0.5, 0.6) is 0 Å². The summed E-state index contributed by atoms with van der Waals surface area (Å²) in [7, 11) is 0. The summed E-state index contributed by atoms with van der Waals surface area (Å²) in [6, 6.07) is 0. The van der Waals surface area contributed by atoms with Crippen LogP contribution in [-0.4, -0.2) is 17.4 Å². The minimum absolute atomic E-state index is 0.177. The summed E-state index contributed by atoms with van der Waals surface area (Å²) < 4.78 is 4.77. The van der Waals surface area contributed by atoms with E-state index in [0.717, 1.165) is 6.42 Å². The van der Waals surface area contributed by atoms with Gasteiger partial charge in [0.2, 0.25) is 0 Å². The van der Waals surface area contributed by atoms with Crippen LogP contribution in [0.15, 0.2) is 0 Å². The molecule has 0 rings (SSSR count). The van der Waals surface area contributed by atoms with Gasteiger partial charge in [0, 0.05) is 0 Å². The minimum Gasteiger partial charge on any atom is -0.465 e. The molecule has 2 nitrogen and oxygen atoms in total. The summed E-state index contributed by atoms with van der Waals surface area (Å²) in [5.74, 6) is -0.183. The molecule has 0 aliphatic rings. The molecule has 0 spiro atoms. The largest absolute Gasteiger partial charge is 0.465 e. The van der Waals surface area contributed by atoms with Crippen molar-refractivity contribution in [3.63, 3.8) is 0 Å². The highest BCUT2D eigenvalue weighted by atomic mass is 79.9. The maximum Gasteiger partial charge on any atom is 0.319 e. The van der Waals surface area contributed by atoms with Crippen molar-refractivity contribution in [2.24, 2.45) is 0 Å². The lowest BCUT2D eigenvalue weighted by Crippen LogP contribution is -2.14. The number of carbonyl (C=O) groups is 1. The molecule has 0 aliphatic heterocycles. The van der Waals surface area contributed by atoms with Crippen LogP contribution in [0, 0.1) is 0 Å². The van der Waals surface area contributed by atoms with Crippen molar-refractivity contribution in [1.82, 2.24) is 0 Å². The lowest BCUT2D eigenvalue weighted by Gasteiger charge is -2.02. The number of ether oxygens (including phenoxy) is 1. The molecule has 3 heteroatoms. The van der Waals surface area contributed by atoms with E-state index in [1.165, 1.54) is 0 Å². The summed E-state index contributed by atoms with van der Waals surface area (Å²) in [4.78, 5) is 10.5. The van der Waals surface area contributed by atoms with E-state index in [1.54, 1.807) is 6.92 Å². The molecule has 0 bridgehead atoms. The van der Waals surface area contributed by atoms with Gasteiger partial charge in [-0.3, -0.25) is 4.79 Å². The molecule has 0 aromatic heterocycles. The average molecular weight is 195 g/mol. The van der Waals surface area contributed by atoms with Gasteiger partial charge < -0.3 is 4.74 Å². The average Bonchev–Trinajstić information content (AvgIpc) is 1.82. The van der Waals surface area contributed by atoms with E-state index in [-0.39, 0.29) is 10.8 Å². The maximum absolute atomic E-state index is 10.6. The summed E-state index contributed by atoms with van der Waals surface area (Å²) in [6.45, 7) is 4.24. The van der Waals surface area contributed by atoms with Crippen molar-refractivity contribution in [3.8, 4) is 0 Å². The van der Waals surface area contributed by atoms with Crippen LogP contribution in [0.2, 0.25) is 0 Å². The Hall–Kier alpha value is -0.0500. The van der Waals surface area contributed by atoms with Crippen LogP contribution < -0.4 is 0 Å². The van der Waals surface area contributed by atoms with E-state index in [0.29, 0.717) is 6.61 Å². The summed E-state index contributed by atoms with van der Waals surface area (Å²) in [5.41, 5.74) is 0. The third kappa shape index (κ3) is 4.45. The predicted molar refractivity (Wildman–Crippen MR) is 39.6 cm³/mol. The van der Waals surface area contributed by atoms with Gasteiger partial charge in [-0.2, -0.15) is 0 Å². The molecule has 1 unspecified atom stereocenters. The topological polar surface area (TPSA) is 26.3 Å². The van der Waals surface area contributed by atoms with Gasteiger partial charge in [-0.1, -0.05) is 22.9 Å². The summed E-state index contributed by atoms with van der Waals surface area (Å²) in [5, 5.41) is 0. The van der Waals surface area contributed by atoms with Crippen molar-refractivity contribution in [2.75, 3.05) is 6.61 Å². The molecule has 0 fully saturated rings. The van der Waals surface area contributed by atoms with Gasteiger partial charge in [0.1, 0.15) is 4.83 Å². The van der Waals surface area contributed by atoms with E-state index < -0.39 is 0 Å². The van der Waals surface area contributed by atoms with Gasteiger partial charge in [0.25, 0.3) is 0 Å². The molecule has 0 saturated heterocycles. The molecule has 0 radical (unpaired) electrons. The molecule has 1 atom stereocenters. The zero-order valence-corrected chi connectivity index (χ0v) is 7.27. The Morgan fingerprint density at radius 2 is 2.33 bits per heavy atom. The van der Waals surface area contributed by atoms with E-state index in [4.69, 9.17) is 4.74 Å². The lowest BCUT2D eigenvalue weighted by atomic mass is 10.5. The van der Waals surface area contributed by atoms with Crippen molar-refractivity contribution in [1.29, 1.82) is 0 Å². The minimum atomic E-state index is -0.183. The van der Waals surface area contributed by atoms with Gasteiger partial charge >= 0.3 is 5.97 Å². The van der Waals surface area contributed by atoms with Crippen LogP contribution in [0.25, 0.3) is 0 Å². The first-order valence-electron chi connectivity index (χ1n) is 2.99. The van der Waals surface area contributed by atoms with Crippen LogP contribution in [-0.2, 0) is 9.53 Å². The highest BCUT2D eigenvalue weighted by Gasteiger charge is 2.07. The number of carbonyl (C=O) groups excluding carboxylic acids is 1. The van der Waals surface area contributed by atoms with Crippen LogP contribution in [0.4, 0.5) is 0 Å². The van der Waals surface area contributed by atoms with Crippen LogP contribution in [0.1, 0.15) is 20.3 Å². The maximum atomic E-state index is 10.6. The van der Waals surface area contributed by atoms with Crippen molar-refractivity contribution < 1.29 is 9.53 Å². The van der Waals surface area contributed by atoms with Gasteiger partial charge in [0.15, 0.2) is 0 Å². The van der Waals surface area contributed by atoms with Gasteiger partial charge in [-0.25, -0.2) is 0 Å². The Bertz CT molecular complexity index is 91.1. The quantitative estimate of drug-likeness (QED) is 0.506. The molecule has 0 aromatic carbocycles. The standard InChI is InChI=1S/C6H11BrO2/c1-3-4-9-6(8)5(2)7/h5H,3-4H2,1-2H3. The van der Waals surface area contributed by atoms with Crippen molar-refractivity contribution in [3.05, 3.63) is 0 Å². The monoisotopic (exact) mass is 194 g/mol. The summed E-state index contributed by atoms with van der Waals surface area (Å²) in [6.07, 6.45) is 0.880. The Labute approximate surface area is 63.7 Å². The molecule has 9 heavy (non-hydrogen) atoms. The number of rotatable bonds is 3. The molecule has 0 heterocycles. The molecule has 0 aliphatic carbocycles. The van der Waals surface area contributed by atoms with Crippen LogP contribution in [0.3, 0.4) is 0 Å². The fourth-order valence-electron chi connectivity index (χ4n) is 0.317. The fraction of sp³-hybridized carbons (Fsp3) is 0.833. The lowest BCUT2D eigenvalue weighted by molar-refractivity contribution is -0.142. The zero-order chi connectivity index (χ0) is 7.28. The molecule has 54 valence electrons. The third-order valence-corrected chi connectivity index (χ3v) is 1.15. The molecule has 0 N–H and O–H groups in total. The number of alkyl halides is 1. The second-order valence-corrected chi connectivity index (χ2v) is 3.16. The molecule has 0 aromatic rings. The van der Waals surface area contributed by atoms with Gasteiger partial charge in [0.05, 0.1) is 6.61 Å². The molecular formula is C6H11BrO2. The second-order valence-electron chi connectivity index (χ2n) is 1.78. The highest BCUT2D eigenvalue weighted by Crippen LogP contribution is 1.99. The molecule has 0 saturated carbocycles. The number of esters is 1. The fourth-order valence-corrected chi connectivity index (χ4v) is 0.450. The normalized spacial score (nSPS) is 12.8.